The smallest absolute Gasteiger partial charge is 0.292 e. The van der Waals surface area contributed by atoms with Crippen LogP contribution in [0.4, 0.5) is 0 Å². The van der Waals surface area contributed by atoms with Gasteiger partial charge in [0, 0.05) is 0 Å². The van der Waals surface area contributed by atoms with Gasteiger partial charge in [0.2, 0.25) is 0 Å². The summed E-state index contributed by atoms with van der Waals surface area (Å²) in [5.41, 5.74) is 5.29. The van der Waals surface area contributed by atoms with Crippen LogP contribution >= 0.6 is 0 Å². The first-order valence-corrected chi connectivity index (χ1v) is 10.8. The van der Waals surface area contributed by atoms with Crippen LogP contribution in [-0.4, -0.2) is 0 Å². The number of ether oxygens (including phenoxy) is 2. The number of nitrogens with zero attached hydrogens (tertiary/aromatic N) is 2. The van der Waals surface area contributed by atoms with Crippen molar-refractivity contribution in [3.63, 3.8) is 0 Å². The van der Waals surface area contributed by atoms with Crippen molar-refractivity contribution in [2.45, 2.75) is 63.2 Å². The lowest BCUT2D eigenvalue weighted by atomic mass is 9.41. The third-order valence-corrected chi connectivity index (χ3v) is 7.95. The maximum Gasteiger partial charge on any atom is 0.292 e. The molecule has 4 fully saturated rings. The van der Waals surface area contributed by atoms with Crippen molar-refractivity contribution in [2.24, 2.45) is 11.8 Å². The van der Waals surface area contributed by atoms with Crippen molar-refractivity contribution >= 4 is 0 Å². The second-order valence-electron chi connectivity index (χ2n) is 9.87. The molecule has 0 saturated heterocycles. The summed E-state index contributed by atoms with van der Waals surface area (Å²) in [6.07, 6.45) is 11.2. The van der Waals surface area contributed by atoms with Gasteiger partial charge >= 0.3 is 0 Å². The van der Waals surface area contributed by atoms with Crippen molar-refractivity contribution in [2.75, 3.05) is 0 Å². The van der Waals surface area contributed by atoms with Gasteiger partial charge in [-0.3, -0.25) is 0 Å². The normalized spacial score (nSPS) is 31.1. The molecule has 4 bridgehead atoms. The van der Waals surface area contributed by atoms with E-state index in [4.69, 9.17) is 20.0 Å². The predicted molar refractivity (Wildman–Crippen MR) is 113 cm³/mol. The summed E-state index contributed by atoms with van der Waals surface area (Å²) in [6, 6.07) is 12.8. The first-order valence-electron chi connectivity index (χ1n) is 10.8. The minimum Gasteiger partial charge on any atom is -0.388 e. The molecule has 0 unspecified atom stereocenters. The molecular formula is C26H26N2O2. The fourth-order valence-corrected chi connectivity index (χ4v) is 7.22. The van der Waals surface area contributed by atoms with Gasteiger partial charge in [0.25, 0.3) is 12.5 Å². The molecule has 0 atom stereocenters. The number of hydrogen-bond donors (Lipinski definition) is 0. The van der Waals surface area contributed by atoms with E-state index in [9.17, 15) is 0 Å². The van der Waals surface area contributed by atoms with Crippen LogP contribution in [0.3, 0.4) is 0 Å². The maximum atomic E-state index is 8.88. The minimum absolute atomic E-state index is 0.204. The van der Waals surface area contributed by atoms with Crippen molar-refractivity contribution in [3.05, 3.63) is 58.7 Å². The Bertz CT molecular complexity index is 994. The van der Waals surface area contributed by atoms with Crippen LogP contribution in [0.25, 0.3) is 0 Å². The van der Waals surface area contributed by atoms with Crippen LogP contribution < -0.4 is 9.47 Å². The Balaban J connectivity index is 1.54. The number of rotatable bonds is 4. The molecule has 4 nitrogen and oxygen atoms in total. The Hall–Kier alpha value is -2.98. The fourth-order valence-electron chi connectivity index (χ4n) is 7.22. The van der Waals surface area contributed by atoms with Crippen molar-refractivity contribution in [1.82, 2.24) is 0 Å². The Morgan fingerprint density at radius 3 is 1.57 bits per heavy atom. The van der Waals surface area contributed by atoms with Crippen LogP contribution in [0, 0.1) is 48.7 Å². The zero-order chi connectivity index (χ0) is 20.9. The van der Waals surface area contributed by atoms with Crippen LogP contribution in [0.2, 0.25) is 0 Å². The lowest BCUT2D eigenvalue weighted by Crippen LogP contribution is -2.55. The molecule has 0 radical (unpaired) electrons. The van der Waals surface area contributed by atoms with Gasteiger partial charge < -0.3 is 9.47 Å². The van der Waals surface area contributed by atoms with E-state index in [0.29, 0.717) is 11.5 Å². The van der Waals surface area contributed by atoms with Crippen LogP contribution in [0.1, 0.15) is 60.8 Å². The van der Waals surface area contributed by atoms with Gasteiger partial charge in [0.15, 0.2) is 0 Å². The molecule has 30 heavy (non-hydrogen) atoms. The summed E-state index contributed by atoms with van der Waals surface area (Å²) < 4.78 is 10.2. The van der Waals surface area contributed by atoms with E-state index >= 15 is 0 Å². The van der Waals surface area contributed by atoms with Gasteiger partial charge in [0.1, 0.15) is 11.5 Å². The van der Waals surface area contributed by atoms with E-state index in [-0.39, 0.29) is 10.8 Å². The molecule has 0 spiro atoms. The highest BCUT2D eigenvalue weighted by Gasteiger charge is 2.58. The van der Waals surface area contributed by atoms with Crippen LogP contribution in [0.5, 0.6) is 11.5 Å². The second kappa shape index (κ2) is 6.78. The average molecular weight is 399 g/mol. The van der Waals surface area contributed by atoms with Gasteiger partial charge in [-0.05, 0) is 109 Å². The summed E-state index contributed by atoms with van der Waals surface area (Å²) in [5.74, 6) is 2.84. The molecule has 4 heteroatoms. The molecule has 0 aliphatic heterocycles. The van der Waals surface area contributed by atoms with Gasteiger partial charge in [-0.1, -0.05) is 24.3 Å². The molecule has 0 aromatic heterocycles. The molecule has 6 rings (SSSR count). The molecule has 0 N–H and O–H groups in total. The Labute approximate surface area is 178 Å². The third kappa shape index (κ3) is 2.86. The number of benzene rings is 2. The van der Waals surface area contributed by atoms with Gasteiger partial charge in [-0.15, -0.1) is 10.5 Å². The first kappa shape index (κ1) is 19.0. The molecule has 152 valence electrons. The standard InChI is InChI=1S/C26H26N2O2/c1-17-7-21(3-5-23(17)29-15-27)25-10-19-9-20(11-25)13-26(12-19,14-25)22-4-6-24(30-16-28)18(2)8-22/h3-8,19-20H,9-14H2,1-2H3. The average Bonchev–Trinajstić information content (AvgIpc) is 2.70. The SMILES string of the molecule is Cc1cc(C23CC4CC(C2)CC(c2ccc(OC#N)c(C)c2)(C4)C3)ccc1OC#N. The Morgan fingerprint density at radius 1 is 0.767 bits per heavy atom. The summed E-state index contributed by atoms with van der Waals surface area (Å²) >= 11 is 0. The third-order valence-electron chi connectivity index (χ3n) is 7.95. The highest BCUT2D eigenvalue weighted by atomic mass is 16.5. The van der Waals surface area contributed by atoms with Crippen molar-refractivity contribution in [3.8, 4) is 24.0 Å². The maximum absolute atomic E-state index is 8.88. The summed E-state index contributed by atoms with van der Waals surface area (Å²) in [7, 11) is 0. The van der Waals surface area contributed by atoms with Crippen molar-refractivity contribution in [1.29, 1.82) is 10.5 Å². The largest absolute Gasteiger partial charge is 0.388 e. The lowest BCUT2D eigenvalue weighted by Gasteiger charge is -2.63. The fraction of sp³-hybridized carbons (Fsp3) is 0.462. The number of aryl methyl sites for hydroxylation is 2. The Kier molecular flexibility index (Phi) is 4.30. The molecule has 0 heterocycles. The van der Waals surface area contributed by atoms with Gasteiger partial charge in [0.05, 0.1) is 0 Å². The molecule has 4 aliphatic rings. The monoisotopic (exact) mass is 398 g/mol. The van der Waals surface area contributed by atoms with Crippen LogP contribution in [-0.2, 0) is 10.8 Å². The molecule has 2 aromatic rings. The van der Waals surface area contributed by atoms with E-state index in [1.807, 2.05) is 26.0 Å². The molecule has 0 amide bonds. The lowest BCUT2D eigenvalue weighted by molar-refractivity contribution is -0.0282. The van der Waals surface area contributed by atoms with E-state index in [2.05, 4.69) is 24.3 Å². The van der Waals surface area contributed by atoms with E-state index in [0.717, 1.165) is 23.0 Å². The summed E-state index contributed by atoms with van der Waals surface area (Å²) in [4.78, 5) is 0. The van der Waals surface area contributed by atoms with Crippen LogP contribution in [0.15, 0.2) is 36.4 Å². The highest BCUT2D eigenvalue weighted by Crippen LogP contribution is 2.66. The zero-order valence-corrected chi connectivity index (χ0v) is 17.6. The van der Waals surface area contributed by atoms with Gasteiger partial charge in [-0.2, -0.15) is 0 Å². The molecule has 4 saturated carbocycles. The summed E-state index contributed by atoms with van der Waals surface area (Å²) in [5, 5.41) is 17.8. The van der Waals surface area contributed by atoms with E-state index in [1.165, 1.54) is 49.7 Å². The first-order chi connectivity index (χ1) is 14.5. The Morgan fingerprint density at radius 2 is 1.20 bits per heavy atom. The topological polar surface area (TPSA) is 66.0 Å². The van der Waals surface area contributed by atoms with E-state index in [1.54, 1.807) is 12.5 Å². The minimum atomic E-state index is 0.204. The zero-order valence-electron chi connectivity index (χ0n) is 17.6. The number of nitriles is 2. The second-order valence-corrected chi connectivity index (χ2v) is 9.87. The quantitative estimate of drug-likeness (QED) is 0.609. The molecule has 2 aromatic carbocycles. The van der Waals surface area contributed by atoms with E-state index < -0.39 is 0 Å². The highest BCUT2D eigenvalue weighted by molar-refractivity contribution is 5.45. The van der Waals surface area contributed by atoms with Crippen molar-refractivity contribution < 1.29 is 9.47 Å². The van der Waals surface area contributed by atoms with Gasteiger partial charge in [-0.25, -0.2) is 0 Å². The summed E-state index contributed by atoms with van der Waals surface area (Å²) in [6.45, 7) is 4.06. The molecule has 4 aliphatic carbocycles. The number of hydrogen-bond acceptors (Lipinski definition) is 4. The predicted octanol–water partition coefficient (Wildman–Crippen LogP) is 5.81. The molecular weight excluding hydrogens is 372 g/mol.